The van der Waals surface area contributed by atoms with Gasteiger partial charge in [0.1, 0.15) is 6.10 Å². The molecule has 1 aliphatic carbocycles. The van der Waals surface area contributed by atoms with Crippen molar-refractivity contribution in [3.63, 3.8) is 0 Å². The van der Waals surface area contributed by atoms with Crippen LogP contribution in [0.1, 0.15) is 18.7 Å². The fourth-order valence-electron chi connectivity index (χ4n) is 1.32. The molecule has 17 heavy (non-hydrogen) atoms. The molecule has 0 amide bonds. The first-order chi connectivity index (χ1) is 8.16. The molecule has 2 rings (SSSR count). The first-order valence-corrected chi connectivity index (χ1v) is 5.67. The minimum atomic E-state index is -1.25. The van der Waals surface area contributed by atoms with Gasteiger partial charge in [0, 0.05) is 11.5 Å². The Morgan fingerprint density at radius 1 is 1.71 bits per heavy atom. The number of hydrogen-bond acceptors (Lipinski definition) is 7. The number of nitrogens with zero attached hydrogens (tertiary/aromatic N) is 3. The van der Waals surface area contributed by atoms with Crippen molar-refractivity contribution in [2.24, 2.45) is 5.16 Å². The van der Waals surface area contributed by atoms with Gasteiger partial charge in [-0.2, -0.15) is 9.36 Å². The molecule has 0 fully saturated rings. The number of oxime groups is 1. The molecule has 0 spiro atoms. The van der Waals surface area contributed by atoms with Crippen LogP contribution in [0.25, 0.3) is 0 Å². The van der Waals surface area contributed by atoms with E-state index in [9.17, 15) is 4.79 Å². The summed E-state index contributed by atoms with van der Waals surface area (Å²) >= 11 is 0.911. The molecule has 1 heterocycles. The Balaban J connectivity index is 2.14. The lowest BCUT2D eigenvalue weighted by Gasteiger charge is -2.05. The van der Waals surface area contributed by atoms with Gasteiger partial charge >= 0.3 is 5.97 Å². The molecule has 1 atom stereocenters. The lowest BCUT2D eigenvalue weighted by molar-refractivity contribution is -0.129. The second-order valence-electron chi connectivity index (χ2n) is 3.35. The number of nitrogens with two attached hydrogens (primary N) is 1. The van der Waals surface area contributed by atoms with Crippen molar-refractivity contribution in [1.29, 1.82) is 0 Å². The van der Waals surface area contributed by atoms with Crippen molar-refractivity contribution in [3.05, 3.63) is 18.0 Å². The summed E-state index contributed by atoms with van der Waals surface area (Å²) < 4.78 is 3.78. The molecule has 1 aromatic rings. The minimum Gasteiger partial charge on any atom is -0.476 e. The Morgan fingerprint density at radius 2 is 2.53 bits per heavy atom. The maximum atomic E-state index is 11.0. The van der Waals surface area contributed by atoms with E-state index >= 15 is 0 Å². The Hall–Kier alpha value is -1.96. The highest BCUT2D eigenvalue weighted by Gasteiger charge is 2.20. The first kappa shape index (κ1) is 11.5. The van der Waals surface area contributed by atoms with Crippen LogP contribution in [-0.2, 0) is 9.63 Å². The summed E-state index contributed by atoms with van der Waals surface area (Å²) in [5, 5.41) is 12.7. The highest BCUT2D eigenvalue weighted by atomic mass is 32.1. The largest absolute Gasteiger partial charge is 0.476 e. The van der Waals surface area contributed by atoms with Gasteiger partial charge < -0.3 is 15.7 Å². The third-order valence-corrected chi connectivity index (χ3v) is 2.65. The van der Waals surface area contributed by atoms with Crippen molar-refractivity contribution in [3.8, 4) is 0 Å². The van der Waals surface area contributed by atoms with E-state index in [1.54, 1.807) is 0 Å². The molecular weight excluding hydrogens is 244 g/mol. The number of rotatable bonds is 4. The van der Waals surface area contributed by atoms with E-state index in [4.69, 9.17) is 15.7 Å². The molecule has 90 valence electrons. The number of allylic oxidation sites excluding steroid dienone is 1. The predicted molar refractivity (Wildman–Crippen MR) is 61.7 cm³/mol. The number of aromatic nitrogens is 2. The van der Waals surface area contributed by atoms with E-state index in [-0.39, 0.29) is 22.8 Å². The van der Waals surface area contributed by atoms with Crippen LogP contribution in [-0.4, -0.2) is 32.2 Å². The molecule has 0 radical (unpaired) electrons. The second kappa shape index (κ2) is 4.91. The topological polar surface area (TPSA) is 111 Å². The summed E-state index contributed by atoms with van der Waals surface area (Å²) in [5.74, 6) is -1.27. The van der Waals surface area contributed by atoms with Crippen molar-refractivity contribution in [2.45, 2.75) is 18.9 Å². The summed E-state index contributed by atoms with van der Waals surface area (Å²) in [6.45, 7) is 0. The van der Waals surface area contributed by atoms with E-state index in [1.807, 2.05) is 12.2 Å². The summed E-state index contributed by atoms with van der Waals surface area (Å²) in [6, 6.07) is 0. The smallest absolute Gasteiger partial charge is 0.362 e. The van der Waals surface area contributed by atoms with Gasteiger partial charge in [0.15, 0.2) is 5.13 Å². The quantitative estimate of drug-likeness (QED) is 0.463. The summed E-state index contributed by atoms with van der Waals surface area (Å²) in [4.78, 5) is 19.8. The lowest BCUT2D eigenvalue weighted by Crippen LogP contribution is -2.18. The van der Waals surface area contributed by atoms with E-state index in [0.717, 1.165) is 24.4 Å². The van der Waals surface area contributed by atoms with Crippen molar-refractivity contribution < 1.29 is 14.7 Å². The van der Waals surface area contributed by atoms with Crippen LogP contribution in [0.2, 0.25) is 0 Å². The van der Waals surface area contributed by atoms with Gasteiger partial charge in [-0.3, -0.25) is 0 Å². The number of carboxylic acids is 1. The highest BCUT2D eigenvalue weighted by molar-refractivity contribution is 7.09. The number of carbonyl (C=O) groups is 1. The average Bonchev–Trinajstić information content (AvgIpc) is 2.90. The molecule has 3 N–H and O–H groups in total. The zero-order valence-electron chi connectivity index (χ0n) is 8.74. The molecular formula is C9H10N4O3S. The van der Waals surface area contributed by atoms with E-state index < -0.39 is 5.97 Å². The number of hydrogen-bond donors (Lipinski definition) is 2. The van der Waals surface area contributed by atoms with Gasteiger partial charge in [-0.05, 0) is 18.9 Å². The van der Waals surface area contributed by atoms with Crippen LogP contribution in [0, 0.1) is 0 Å². The zero-order valence-corrected chi connectivity index (χ0v) is 9.55. The third kappa shape index (κ3) is 2.78. The average molecular weight is 254 g/mol. The molecule has 1 unspecified atom stereocenters. The van der Waals surface area contributed by atoms with Crippen LogP contribution in [0.5, 0.6) is 0 Å². The van der Waals surface area contributed by atoms with Crippen LogP contribution in [0.4, 0.5) is 5.13 Å². The summed E-state index contributed by atoms with van der Waals surface area (Å²) in [7, 11) is 0. The van der Waals surface area contributed by atoms with Gasteiger partial charge in [-0.25, -0.2) is 4.79 Å². The molecule has 1 aromatic heterocycles. The van der Waals surface area contributed by atoms with Gasteiger partial charge in [-0.15, -0.1) is 0 Å². The molecule has 8 heteroatoms. The Labute approximate surface area is 101 Å². The van der Waals surface area contributed by atoms with Crippen molar-refractivity contribution in [1.82, 2.24) is 9.36 Å². The minimum absolute atomic E-state index is 0.0259. The molecule has 7 nitrogen and oxygen atoms in total. The fraction of sp³-hybridized carbons (Fsp3) is 0.333. The number of anilines is 1. The van der Waals surface area contributed by atoms with Crippen molar-refractivity contribution >= 4 is 28.3 Å². The van der Waals surface area contributed by atoms with Crippen LogP contribution in [0.15, 0.2) is 17.3 Å². The van der Waals surface area contributed by atoms with E-state index in [2.05, 4.69) is 14.5 Å². The maximum absolute atomic E-state index is 11.0. The van der Waals surface area contributed by atoms with E-state index in [0.29, 0.717) is 0 Å². The monoisotopic (exact) mass is 254 g/mol. The zero-order chi connectivity index (χ0) is 12.3. The first-order valence-electron chi connectivity index (χ1n) is 4.90. The Morgan fingerprint density at radius 3 is 3.06 bits per heavy atom. The SMILES string of the molecule is Nc1nc(/C(=N\OC2C=CCC2)C(=O)O)ns1. The molecule has 1 aliphatic rings. The lowest BCUT2D eigenvalue weighted by atomic mass is 10.3. The van der Waals surface area contributed by atoms with Gasteiger partial charge in [-0.1, -0.05) is 11.2 Å². The summed E-state index contributed by atoms with van der Waals surface area (Å²) in [5.41, 5.74) is 5.04. The molecule has 0 saturated heterocycles. The number of carboxylic acid groups (broad SMARTS) is 1. The fourth-order valence-corrected chi connectivity index (χ4v) is 1.75. The van der Waals surface area contributed by atoms with Crippen molar-refractivity contribution in [2.75, 3.05) is 5.73 Å². The van der Waals surface area contributed by atoms with Gasteiger partial charge in [0.05, 0.1) is 0 Å². The standard InChI is InChI=1S/C9H10N4O3S/c10-9-11-7(13-17-9)6(8(14)15)12-16-5-3-1-2-4-5/h1,3,5H,2,4H2,(H,14,15)(H2,10,11,13)/b12-6+. The maximum Gasteiger partial charge on any atom is 0.362 e. The predicted octanol–water partition coefficient (Wildman–Crippen LogP) is 0.644. The number of aliphatic carboxylic acids is 1. The second-order valence-corrected chi connectivity index (χ2v) is 4.13. The Kier molecular flexibility index (Phi) is 3.33. The third-order valence-electron chi connectivity index (χ3n) is 2.10. The number of nitrogen functional groups attached to an aromatic ring is 1. The van der Waals surface area contributed by atoms with Crippen LogP contribution >= 0.6 is 11.5 Å². The van der Waals surface area contributed by atoms with Crippen LogP contribution < -0.4 is 5.73 Å². The molecule has 0 bridgehead atoms. The van der Waals surface area contributed by atoms with E-state index in [1.165, 1.54) is 0 Å². The van der Waals surface area contributed by atoms with Crippen LogP contribution in [0.3, 0.4) is 0 Å². The highest BCUT2D eigenvalue weighted by Crippen LogP contribution is 2.14. The summed E-state index contributed by atoms with van der Waals surface area (Å²) in [6.07, 6.45) is 5.32. The molecule has 0 aliphatic heterocycles. The Bertz CT molecular complexity index is 482. The molecule has 0 aromatic carbocycles. The normalized spacial score (nSPS) is 19.5. The van der Waals surface area contributed by atoms with Gasteiger partial charge in [0.25, 0.3) is 0 Å². The molecule has 0 saturated carbocycles. The van der Waals surface area contributed by atoms with Gasteiger partial charge in [0.2, 0.25) is 11.5 Å².